The summed E-state index contributed by atoms with van der Waals surface area (Å²) in [5.74, 6) is 1.82. The Balaban J connectivity index is 1.41. The first-order valence-corrected chi connectivity index (χ1v) is 10.5. The van der Waals surface area contributed by atoms with Crippen molar-refractivity contribution in [3.8, 4) is 0 Å². The third kappa shape index (κ3) is 4.50. The van der Waals surface area contributed by atoms with Crippen molar-refractivity contribution in [2.45, 2.75) is 20.3 Å². The zero-order valence-corrected chi connectivity index (χ0v) is 17.3. The summed E-state index contributed by atoms with van der Waals surface area (Å²) in [7, 11) is 0. The Morgan fingerprint density at radius 1 is 0.966 bits per heavy atom. The van der Waals surface area contributed by atoms with Crippen LogP contribution in [0.1, 0.15) is 28.5 Å². The van der Waals surface area contributed by atoms with Gasteiger partial charge in [0.1, 0.15) is 5.82 Å². The second-order valence-electron chi connectivity index (χ2n) is 7.60. The number of amides is 1. The number of nitrogens with zero attached hydrogens (tertiary/aromatic N) is 5. The summed E-state index contributed by atoms with van der Waals surface area (Å²) in [5.41, 5.74) is 2.97. The molecule has 0 bridgehead atoms. The van der Waals surface area contributed by atoms with Gasteiger partial charge in [-0.15, -0.1) is 0 Å². The number of aromatic nitrogens is 2. The molecule has 0 aliphatic carbocycles. The van der Waals surface area contributed by atoms with Crippen molar-refractivity contribution >= 4 is 17.7 Å². The molecule has 0 saturated carbocycles. The second kappa shape index (κ2) is 8.78. The summed E-state index contributed by atoms with van der Waals surface area (Å²) in [5, 5.41) is 0. The van der Waals surface area contributed by atoms with Gasteiger partial charge in [0.25, 0.3) is 5.91 Å². The van der Waals surface area contributed by atoms with Gasteiger partial charge in [-0.1, -0.05) is 19.1 Å². The first kappa shape index (κ1) is 19.6. The molecule has 2 saturated heterocycles. The van der Waals surface area contributed by atoms with Crippen LogP contribution in [0.15, 0.2) is 30.3 Å². The monoisotopic (exact) mass is 395 g/mol. The molecule has 4 rings (SSSR count). The SMILES string of the molecule is CCc1ccc(C(=O)N2CCN(c3nc(C)cc(N4CCOCC4)n3)CC2)cc1. The van der Waals surface area contributed by atoms with E-state index in [1.165, 1.54) is 5.56 Å². The molecule has 1 aromatic heterocycles. The number of benzene rings is 1. The van der Waals surface area contributed by atoms with Gasteiger partial charge in [-0.25, -0.2) is 4.98 Å². The van der Waals surface area contributed by atoms with Gasteiger partial charge in [-0.2, -0.15) is 4.98 Å². The lowest BCUT2D eigenvalue weighted by atomic mass is 10.1. The highest BCUT2D eigenvalue weighted by atomic mass is 16.5. The normalized spacial score (nSPS) is 17.5. The lowest BCUT2D eigenvalue weighted by Gasteiger charge is -2.35. The van der Waals surface area contributed by atoms with Crippen molar-refractivity contribution < 1.29 is 9.53 Å². The van der Waals surface area contributed by atoms with Gasteiger partial charge in [0.15, 0.2) is 0 Å². The maximum atomic E-state index is 12.8. The molecule has 1 aromatic carbocycles. The van der Waals surface area contributed by atoms with Crippen LogP contribution in [-0.4, -0.2) is 73.3 Å². The summed E-state index contributed by atoms with van der Waals surface area (Å²) in [6, 6.07) is 9.99. The van der Waals surface area contributed by atoms with Crippen LogP contribution in [0, 0.1) is 6.92 Å². The van der Waals surface area contributed by atoms with Gasteiger partial charge in [0.2, 0.25) is 5.95 Å². The summed E-state index contributed by atoms with van der Waals surface area (Å²) in [6.07, 6.45) is 0.982. The summed E-state index contributed by atoms with van der Waals surface area (Å²) in [4.78, 5) is 28.6. The molecule has 3 heterocycles. The molecule has 2 fully saturated rings. The van der Waals surface area contributed by atoms with E-state index in [0.717, 1.165) is 68.8 Å². The number of hydrogen-bond acceptors (Lipinski definition) is 6. The predicted molar refractivity (Wildman–Crippen MR) is 114 cm³/mol. The van der Waals surface area contributed by atoms with E-state index in [4.69, 9.17) is 9.72 Å². The van der Waals surface area contributed by atoms with E-state index < -0.39 is 0 Å². The van der Waals surface area contributed by atoms with Gasteiger partial charge in [-0.3, -0.25) is 4.79 Å². The standard InChI is InChI=1S/C22H29N5O2/c1-3-18-4-6-19(7-5-18)21(28)26-8-10-27(11-9-26)22-23-17(2)16-20(24-22)25-12-14-29-15-13-25/h4-7,16H,3,8-15H2,1-2H3. The van der Waals surface area contributed by atoms with Crippen molar-refractivity contribution in [2.24, 2.45) is 0 Å². The molecule has 0 N–H and O–H groups in total. The molecule has 2 aliphatic rings. The number of carbonyl (C=O) groups excluding carboxylic acids is 1. The van der Waals surface area contributed by atoms with Crippen molar-refractivity contribution in [2.75, 3.05) is 62.3 Å². The van der Waals surface area contributed by atoms with Crippen molar-refractivity contribution in [1.29, 1.82) is 0 Å². The number of aryl methyl sites for hydroxylation is 2. The predicted octanol–water partition coefficient (Wildman–Crippen LogP) is 2.15. The quantitative estimate of drug-likeness (QED) is 0.791. The molecule has 0 spiro atoms. The van der Waals surface area contributed by atoms with Gasteiger partial charge < -0.3 is 19.4 Å². The van der Waals surface area contributed by atoms with Crippen molar-refractivity contribution in [1.82, 2.24) is 14.9 Å². The molecule has 2 aromatic rings. The van der Waals surface area contributed by atoms with Crippen molar-refractivity contribution in [3.63, 3.8) is 0 Å². The van der Waals surface area contributed by atoms with Crippen LogP contribution < -0.4 is 9.80 Å². The first-order valence-electron chi connectivity index (χ1n) is 10.5. The molecule has 7 heteroatoms. The highest BCUT2D eigenvalue weighted by Crippen LogP contribution is 2.20. The first-order chi connectivity index (χ1) is 14.1. The van der Waals surface area contributed by atoms with Gasteiger partial charge in [-0.05, 0) is 31.0 Å². The summed E-state index contributed by atoms with van der Waals surface area (Å²) >= 11 is 0. The van der Waals surface area contributed by atoms with E-state index in [0.29, 0.717) is 13.1 Å². The minimum absolute atomic E-state index is 0.103. The Labute approximate surface area is 172 Å². The zero-order valence-electron chi connectivity index (χ0n) is 17.3. The minimum atomic E-state index is 0.103. The fourth-order valence-corrected chi connectivity index (χ4v) is 3.81. The zero-order chi connectivity index (χ0) is 20.2. The molecule has 0 atom stereocenters. The average Bonchev–Trinajstić information content (AvgIpc) is 2.79. The van der Waals surface area contributed by atoms with E-state index in [1.807, 2.05) is 42.2 Å². The lowest BCUT2D eigenvalue weighted by molar-refractivity contribution is 0.0746. The fourth-order valence-electron chi connectivity index (χ4n) is 3.81. The minimum Gasteiger partial charge on any atom is -0.378 e. The van der Waals surface area contributed by atoms with Crippen LogP contribution in [0.25, 0.3) is 0 Å². The van der Waals surface area contributed by atoms with E-state index in [-0.39, 0.29) is 5.91 Å². The maximum Gasteiger partial charge on any atom is 0.253 e. The largest absolute Gasteiger partial charge is 0.378 e. The Hall–Kier alpha value is -2.67. The van der Waals surface area contributed by atoms with Crippen LogP contribution in [0.3, 0.4) is 0 Å². The Morgan fingerprint density at radius 2 is 1.66 bits per heavy atom. The van der Waals surface area contributed by atoms with Crippen LogP contribution in [-0.2, 0) is 11.2 Å². The molecule has 7 nitrogen and oxygen atoms in total. The Bertz CT molecular complexity index is 841. The molecule has 154 valence electrons. The Morgan fingerprint density at radius 3 is 2.31 bits per heavy atom. The van der Waals surface area contributed by atoms with E-state index >= 15 is 0 Å². The number of hydrogen-bond donors (Lipinski definition) is 0. The van der Waals surface area contributed by atoms with Crippen LogP contribution in [0.5, 0.6) is 0 Å². The van der Waals surface area contributed by atoms with Crippen LogP contribution in [0.4, 0.5) is 11.8 Å². The molecule has 2 aliphatic heterocycles. The topological polar surface area (TPSA) is 61.8 Å². The molecule has 0 radical (unpaired) electrons. The Kier molecular flexibility index (Phi) is 5.94. The number of piperazine rings is 1. The number of rotatable bonds is 4. The number of carbonyl (C=O) groups is 1. The van der Waals surface area contributed by atoms with Crippen LogP contribution in [0.2, 0.25) is 0 Å². The number of ether oxygens (including phenoxy) is 1. The molecule has 1 amide bonds. The van der Waals surface area contributed by atoms with Gasteiger partial charge in [0, 0.05) is 56.6 Å². The highest BCUT2D eigenvalue weighted by molar-refractivity contribution is 5.94. The number of morpholine rings is 1. The van der Waals surface area contributed by atoms with E-state index in [2.05, 4.69) is 21.7 Å². The maximum absolute atomic E-state index is 12.8. The third-order valence-electron chi connectivity index (χ3n) is 5.62. The third-order valence-corrected chi connectivity index (χ3v) is 5.62. The molecular weight excluding hydrogens is 366 g/mol. The highest BCUT2D eigenvalue weighted by Gasteiger charge is 2.24. The summed E-state index contributed by atoms with van der Waals surface area (Å²) < 4.78 is 5.45. The van der Waals surface area contributed by atoms with Gasteiger partial charge >= 0.3 is 0 Å². The van der Waals surface area contributed by atoms with Crippen molar-refractivity contribution in [3.05, 3.63) is 47.2 Å². The number of anilines is 2. The van der Waals surface area contributed by atoms with E-state index in [9.17, 15) is 4.79 Å². The van der Waals surface area contributed by atoms with E-state index in [1.54, 1.807) is 0 Å². The second-order valence-corrected chi connectivity index (χ2v) is 7.60. The lowest BCUT2D eigenvalue weighted by Crippen LogP contribution is -2.49. The molecule has 29 heavy (non-hydrogen) atoms. The molecular formula is C22H29N5O2. The average molecular weight is 396 g/mol. The summed E-state index contributed by atoms with van der Waals surface area (Å²) in [6.45, 7) is 10.1. The smallest absolute Gasteiger partial charge is 0.253 e. The van der Waals surface area contributed by atoms with Gasteiger partial charge in [0.05, 0.1) is 13.2 Å². The molecule has 0 unspecified atom stereocenters. The van der Waals surface area contributed by atoms with Crippen LogP contribution >= 0.6 is 0 Å². The fraction of sp³-hybridized carbons (Fsp3) is 0.500.